The number of hydrogen-bond donors (Lipinski definition) is 1. The molecule has 4 nitrogen and oxygen atoms in total. The molecule has 0 amide bonds. The van der Waals surface area contributed by atoms with Crippen molar-refractivity contribution < 1.29 is 8.42 Å². The number of nitrogens with one attached hydrogen (secondary N) is 1. The summed E-state index contributed by atoms with van der Waals surface area (Å²) in [4.78, 5) is 5.64. The zero-order valence-corrected chi connectivity index (χ0v) is 13.3. The van der Waals surface area contributed by atoms with Crippen LogP contribution in [0.2, 0.25) is 0 Å². The minimum atomic E-state index is -3.07. The fourth-order valence-corrected chi connectivity index (χ4v) is 4.05. The van der Waals surface area contributed by atoms with Crippen molar-refractivity contribution in [1.82, 2.24) is 10.3 Å². The normalized spacial score (nSPS) is 12.6. The van der Waals surface area contributed by atoms with Crippen LogP contribution in [0.25, 0.3) is 0 Å². The van der Waals surface area contributed by atoms with Crippen molar-refractivity contribution >= 4 is 21.2 Å². The molecule has 1 aromatic heterocycles. The Labute approximate surface area is 114 Å². The molecule has 1 heterocycles. The third kappa shape index (κ3) is 3.76. The van der Waals surface area contributed by atoms with E-state index < -0.39 is 9.84 Å². The first-order chi connectivity index (χ1) is 8.27. The molecule has 0 bridgehead atoms. The predicted octanol–water partition coefficient (Wildman–Crippen LogP) is 2.31. The molecule has 0 aromatic carbocycles. The molecule has 0 fully saturated rings. The van der Waals surface area contributed by atoms with E-state index >= 15 is 0 Å². The van der Waals surface area contributed by atoms with Gasteiger partial charge in [-0.25, -0.2) is 13.4 Å². The second-order valence-electron chi connectivity index (χ2n) is 4.96. The molecule has 1 aromatic rings. The molecule has 0 aliphatic heterocycles. The molecule has 0 aliphatic rings. The van der Waals surface area contributed by atoms with Gasteiger partial charge in [0.1, 0.15) is 10.8 Å². The molecule has 18 heavy (non-hydrogen) atoms. The van der Waals surface area contributed by atoms with Gasteiger partial charge >= 0.3 is 0 Å². The maximum Gasteiger partial charge on any atom is 0.159 e. The lowest BCUT2D eigenvalue weighted by molar-refractivity contribution is 0.586. The lowest BCUT2D eigenvalue weighted by atomic mass is 10.1. The number of hydrogen-bond acceptors (Lipinski definition) is 5. The van der Waals surface area contributed by atoms with E-state index in [1.54, 1.807) is 13.8 Å². The van der Waals surface area contributed by atoms with Crippen LogP contribution in [-0.4, -0.2) is 25.7 Å². The van der Waals surface area contributed by atoms with E-state index in [4.69, 9.17) is 0 Å². The van der Waals surface area contributed by atoms with E-state index in [2.05, 4.69) is 24.1 Å². The molecule has 6 heteroatoms. The Morgan fingerprint density at radius 2 is 1.89 bits per heavy atom. The summed E-state index contributed by atoms with van der Waals surface area (Å²) in [7, 11) is -1.18. The summed E-state index contributed by atoms with van der Waals surface area (Å²) in [5.74, 6) is 0.374. The Hall–Kier alpha value is -0.460. The minimum Gasteiger partial charge on any atom is -0.315 e. The zero-order valence-electron chi connectivity index (χ0n) is 11.6. The number of nitrogens with zero attached hydrogens (tertiary/aromatic N) is 1. The SMILES string of the molecule is CNCc1sc(CS(=O)(=O)C(C)C)nc1C(C)C. The molecule has 0 radical (unpaired) electrons. The fourth-order valence-electron chi connectivity index (χ4n) is 1.55. The molecule has 1 N–H and O–H groups in total. The van der Waals surface area contributed by atoms with Crippen LogP contribution in [-0.2, 0) is 22.1 Å². The Balaban J connectivity index is 3.02. The highest BCUT2D eigenvalue weighted by Gasteiger charge is 2.21. The van der Waals surface area contributed by atoms with Crippen molar-refractivity contribution in [3.8, 4) is 0 Å². The molecular weight excluding hydrogens is 268 g/mol. The van der Waals surface area contributed by atoms with E-state index in [1.165, 1.54) is 11.3 Å². The number of sulfone groups is 1. The van der Waals surface area contributed by atoms with Gasteiger partial charge in [0.15, 0.2) is 9.84 Å². The van der Waals surface area contributed by atoms with Crippen LogP contribution in [0.4, 0.5) is 0 Å². The van der Waals surface area contributed by atoms with Crippen molar-refractivity contribution in [2.24, 2.45) is 0 Å². The predicted molar refractivity (Wildman–Crippen MR) is 76.7 cm³/mol. The molecule has 0 saturated carbocycles. The summed E-state index contributed by atoms with van der Waals surface area (Å²) in [6.07, 6.45) is 0. The van der Waals surface area contributed by atoms with Crippen molar-refractivity contribution in [2.75, 3.05) is 7.05 Å². The quantitative estimate of drug-likeness (QED) is 0.873. The first-order valence-corrected chi connectivity index (χ1v) is 8.65. The topological polar surface area (TPSA) is 59.1 Å². The minimum absolute atomic E-state index is 0.0543. The fraction of sp³-hybridized carbons (Fsp3) is 0.750. The lowest BCUT2D eigenvalue weighted by Gasteiger charge is -2.04. The summed E-state index contributed by atoms with van der Waals surface area (Å²) in [5.41, 5.74) is 1.02. The highest BCUT2D eigenvalue weighted by Crippen LogP contribution is 2.26. The molecule has 0 spiro atoms. The van der Waals surface area contributed by atoms with Gasteiger partial charge in [0, 0.05) is 11.4 Å². The highest BCUT2D eigenvalue weighted by atomic mass is 32.2. The largest absolute Gasteiger partial charge is 0.315 e. The second-order valence-corrected chi connectivity index (χ2v) is 8.68. The first kappa shape index (κ1) is 15.6. The Morgan fingerprint density at radius 3 is 2.33 bits per heavy atom. The third-order valence-electron chi connectivity index (χ3n) is 2.70. The summed E-state index contributed by atoms with van der Waals surface area (Å²) in [6, 6.07) is 0. The highest BCUT2D eigenvalue weighted by molar-refractivity contribution is 7.91. The van der Waals surface area contributed by atoms with E-state index in [-0.39, 0.29) is 11.0 Å². The van der Waals surface area contributed by atoms with Gasteiger partial charge in [-0.3, -0.25) is 0 Å². The Kier molecular flexibility index (Phi) is 5.31. The van der Waals surface area contributed by atoms with Gasteiger partial charge in [-0.15, -0.1) is 11.3 Å². The molecular formula is C12H22N2O2S2. The molecule has 1 rings (SSSR count). The van der Waals surface area contributed by atoms with Crippen molar-refractivity contribution in [1.29, 1.82) is 0 Å². The van der Waals surface area contributed by atoms with Crippen molar-refractivity contribution in [2.45, 2.75) is 51.2 Å². The lowest BCUT2D eigenvalue weighted by Crippen LogP contribution is -2.15. The van der Waals surface area contributed by atoms with Crippen LogP contribution in [0.5, 0.6) is 0 Å². The number of rotatable bonds is 6. The number of thiazole rings is 1. The van der Waals surface area contributed by atoms with E-state index in [0.29, 0.717) is 10.9 Å². The standard InChI is InChI=1S/C12H22N2O2S2/c1-8(2)12-10(6-13-5)17-11(14-12)7-18(15,16)9(3)4/h8-9,13H,6-7H2,1-5H3. The summed E-state index contributed by atoms with van der Waals surface area (Å²) in [5, 5.41) is 3.45. The van der Waals surface area contributed by atoms with Gasteiger partial charge in [-0.05, 0) is 26.8 Å². The monoisotopic (exact) mass is 290 g/mol. The van der Waals surface area contributed by atoms with Crippen LogP contribution in [0.3, 0.4) is 0 Å². The van der Waals surface area contributed by atoms with Gasteiger partial charge in [-0.2, -0.15) is 0 Å². The van der Waals surface area contributed by atoms with Crippen LogP contribution in [0, 0.1) is 0 Å². The van der Waals surface area contributed by atoms with E-state index in [9.17, 15) is 8.42 Å². The molecule has 0 atom stereocenters. The maximum absolute atomic E-state index is 11.9. The first-order valence-electron chi connectivity index (χ1n) is 6.12. The molecule has 0 saturated heterocycles. The summed E-state index contributed by atoms with van der Waals surface area (Å²) < 4.78 is 23.8. The van der Waals surface area contributed by atoms with E-state index in [0.717, 1.165) is 17.1 Å². The van der Waals surface area contributed by atoms with Crippen LogP contribution < -0.4 is 5.32 Å². The summed E-state index contributed by atoms with van der Waals surface area (Å²) in [6.45, 7) is 8.32. The van der Waals surface area contributed by atoms with Crippen LogP contribution >= 0.6 is 11.3 Å². The Bertz CT molecular complexity index is 490. The van der Waals surface area contributed by atoms with Gasteiger partial charge < -0.3 is 5.32 Å². The number of aromatic nitrogens is 1. The zero-order chi connectivity index (χ0) is 13.9. The molecule has 0 unspecified atom stereocenters. The maximum atomic E-state index is 11.9. The Morgan fingerprint density at radius 1 is 1.28 bits per heavy atom. The average Bonchev–Trinajstić information content (AvgIpc) is 2.60. The summed E-state index contributed by atoms with van der Waals surface area (Å²) >= 11 is 1.50. The molecule has 104 valence electrons. The van der Waals surface area contributed by atoms with Crippen molar-refractivity contribution in [3.05, 3.63) is 15.6 Å². The van der Waals surface area contributed by atoms with Crippen LogP contribution in [0.15, 0.2) is 0 Å². The van der Waals surface area contributed by atoms with Crippen LogP contribution in [0.1, 0.15) is 49.2 Å². The van der Waals surface area contributed by atoms with Crippen molar-refractivity contribution in [3.63, 3.8) is 0 Å². The van der Waals surface area contributed by atoms with Gasteiger partial charge in [0.05, 0.1) is 10.9 Å². The molecule has 0 aliphatic carbocycles. The van der Waals surface area contributed by atoms with Gasteiger partial charge in [0.2, 0.25) is 0 Å². The second kappa shape index (κ2) is 6.12. The smallest absolute Gasteiger partial charge is 0.159 e. The van der Waals surface area contributed by atoms with E-state index in [1.807, 2.05) is 7.05 Å². The van der Waals surface area contributed by atoms with Gasteiger partial charge in [-0.1, -0.05) is 13.8 Å². The third-order valence-corrected chi connectivity index (χ3v) is 6.07. The van der Waals surface area contributed by atoms with Gasteiger partial charge in [0.25, 0.3) is 0 Å². The average molecular weight is 290 g/mol.